The van der Waals surface area contributed by atoms with Crippen LogP contribution >= 0.6 is 0 Å². The number of hydrogen-bond donors (Lipinski definition) is 2. The van der Waals surface area contributed by atoms with Gasteiger partial charge in [0.2, 0.25) is 0 Å². The molecule has 3 aromatic carbocycles. The molecular weight excluding hydrogens is 307 g/mol. The van der Waals surface area contributed by atoms with Gasteiger partial charge in [0.25, 0.3) is 0 Å². The maximum atomic E-state index is 12.9. The van der Waals surface area contributed by atoms with Crippen molar-refractivity contribution in [1.29, 1.82) is 0 Å². The Morgan fingerprint density at radius 1 is 0.957 bits per heavy atom. The molecular formula is C17H12F3NO2. The van der Waals surface area contributed by atoms with Crippen LogP contribution in [0.4, 0.5) is 18.9 Å². The second kappa shape index (κ2) is 5.39. The van der Waals surface area contributed by atoms with Gasteiger partial charge in [-0.15, -0.1) is 0 Å². The molecule has 23 heavy (non-hydrogen) atoms. The normalized spacial score (nSPS) is 11.6. The average molecular weight is 319 g/mol. The van der Waals surface area contributed by atoms with Gasteiger partial charge in [-0.05, 0) is 35.7 Å². The molecule has 0 fully saturated rings. The van der Waals surface area contributed by atoms with E-state index in [0.29, 0.717) is 10.8 Å². The lowest BCUT2D eigenvalue weighted by atomic mass is 10.1. The molecule has 0 unspecified atom stereocenters. The largest absolute Gasteiger partial charge is 0.507 e. The first-order valence-corrected chi connectivity index (χ1v) is 6.71. The second-order valence-corrected chi connectivity index (χ2v) is 4.98. The molecule has 0 atom stereocenters. The molecule has 0 heterocycles. The van der Waals surface area contributed by atoms with Gasteiger partial charge in [0.15, 0.2) is 0 Å². The van der Waals surface area contributed by atoms with Crippen LogP contribution in [0.2, 0.25) is 0 Å². The van der Waals surface area contributed by atoms with E-state index in [1.54, 1.807) is 30.3 Å². The number of nitrogens with two attached hydrogens (primary N) is 1. The zero-order valence-electron chi connectivity index (χ0n) is 11.8. The molecule has 0 spiro atoms. The third-order valence-electron chi connectivity index (χ3n) is 3.40. The molecule has 0 aliphatic heterocycles. The van der Waals surface area contributed by atoms with Crippen LogP contribution in [0.1, 0.15) is 5.56 Å². The van der Waals surface area contributed by atoms with E-state index < -0.39 is 11.7 Å². The lowest BCUT2D eigenvalue weighted by Crippen LogP contribution is -2.08. The Morgan fingerprint density at radius 3 is 2.35 bits per heavy atom. The van der Waals surface area contributed by atoms with Crippen molar-refractivity contribution in [1.82, 2.24) is 0 Å². The predicted octanol–water partition coefficient (Wildman–Crippen LogP) is 4.94. The fourth-order valence-corrected chi connectivity index (χ4v) is 2.34. The van der Waals surface area contributed by atoms with Gasteiger partial charge in [-0.2, -0.15) is 13.2 Å². The van der Waals surface area contributed by atoms with Gasteiger partial charge < -0.3 is 15.6 Å². The number of halogens is 3. The standard InChI is InChI=1S/C17H12F3NO2/c18-17(19,20)12-9-11(7-8-13(12)21)23-15-6-2-4-10-3-1-5-14(22)16(10)15/h1-9,22H,21H2. The summed E-state index contributed by atoms with van der Waals surface area (Å²) in [7, 11) is 0. The van der Waals surface area contributed by atoms with E-state index in [9.17, 15) is 18.3 Å². The molecule has 0 aliphatic rings. The van der Waals surface area contributed by atoms with E-state index in [1.807, 2.05) is 0 Å². The summed E-state index contributed by atoms with van der Waals surface area (Å²) in [6.45, 7) is 0. The molecule has 0 amide bonds. The summed E-state index contributed by atoms with van der Waals surface area (Å²) in [5.74, 6) is 0.241. The number of alkyl halides is 3. The first kappa shape index (κ1) is 15.0. The minimum Gasteiger partial charge on any atom is -0.507 e. The molecule has 3 nitrogen and oxygen atoms in total. The molecule has 0 saturated carbocycles. The van der Waals surface area contributed by atoms with Gasteiger partial charge >= 0.3 is 6.18 Å². The molecule has 0 bridgehead atoms. The molecule has 0 radical (unpaired) electrons. The van der Waals surface area contributed by atoms with Crippen LogP contribution in [0.15, 0.2) is 54.6 Å². The van der Waals surface area contributed by atoms with E-state index in [-0.39, 0.29) is 22.9 Å². The van der Waals surface area contributed by atoms with Crippen LogP contribution in [0, 0.1) is 0 Å². The van der Waals surface area contributed by atoms with E-state index in [0.717, 1.165) is 12.1 Å². The molecule has 3 rings (SSSR count). The Kier molecular flexibility index (Phi) is 3.52. The Bertz CT molecular complexity index is 870. The van der Waals surface area contributed by atoms with Crippen molar-refractivity contribution in [2.75, 3.05) is 5.73 Å². The summed E-state index contributed by atoms with van der Waals surface area (Å²) < 4.78 is 44.3. The Hall–Kier alpha value is -2.89. The summed E-state index contributed by atoms with van der Waals surface area (Å²) in [5, 5.41) is 11.1. The summed E-state index contributed by atoms with van der Waals surface area (Å²) in [4.78, 5) is 0. The first-order valence-electron chi connectivity index (χ1n) is 6.71. The number of fused-ring (bicyclic) bond motifs is 1. The number of ether oxygens (including phenoxy) is 1. The highest BCUT2D eigenvalue weighted by atomic mass is 19.4. The van der Waals surface area contributed by atoms with Gasteiger partial charge in [0, 0.05) is 5.69 Å². The fourth-order valence-electron chi connectivity index (χ4n) is 2.34. The minimum atomic E-state index is -4.57. The second-order valence-electron chi connectivity index (χ2n) is 4.98. The average Bonchev–Trinajstić information content (AvgIpc) is 2.48. The van der Waals surface area contributed by atoms with Crippen LogP contribution in [0.25, 0.3) is 10.8 Å². The predicted molar refractivity (Wildman–Crippen MR) is 81.5 cm³/mol. The van der Waals surface area contributed by atoms with Crippen molar-refractivity contribution >= 4 is 16.5 Å². The van der Waals surface area contributed by atoms with Crippen molar-refractivity contribution in [3.63, 3.8) is 0 Å². The molecule has 3 N–H and O–H groups in total. The number of anilines is 1. The monoisotopic (exact) mass is 319 g/mol. The van der Waals surface area contributed by atoms with Gasteiger partial charge in [0.05, 0.1) is 10.9 Å². The summed E-state index contributed by atoms with van der Waals surface area (Å²) in [6, 6.07) is 13.3. The number of benzene rings is 3. The SMILES string of the molecule is Nc1ccc(Oc2cccc3cccc(O)c23)cc1C(F)(F)F. The Balaban J connectivity index is 2.07. The van der Waals surface area contributed by atoms with Crippen molar-refractivity contribution in [3.05, 3.63) is 60.2 Å². The van der Waals surface area contributed by atoms with Crippen LogP contribution in [0.5, 0.6) is 17.2 Å². The van der Waals surface area contributed by atoms with Crippen LogP contribution < -0.4 is 10.5 Å². The Morgan fingerprint density at radius 2 is 1.65 bits per heavy atom. The number of nitrogen functional groups attached to an aromatic ring is 1. The maximum Gasteiger partial charge on any atom is 0.418 e. The number of phenols is 1. The molecule has 3 aromatic rings. The van der Waals surface area contributed by atoms with Crippen LogP contribution in [0.3, 0.4) is 0 Å². The minimum absolute atomic E-state index is 0.00964. The zero-order valence-corrected chi connectivity index (χ0v) is 11.8. The molecule has 0 aliphatic carbocycles. The van der Waals surface area contributed by atoms with Crippen LogP contribution in [-0.2, 0) is 6.18 Å². The van der Waals surface area contributed by atoms with Gasteiger partial charge in [0.1, 0.15) is 17.2 Å². The van der Waals surface area contributed by atoms with E-state index in [1.165, 1.54) is 12.1 Å². The summed E-state index contributed by atoms with van der Waals surface area (Å²) >= 11 is 0. The van der Waals surface area contributed by atoms with Crippen molar-refractivity contribution in [2.24, 2.45) is 0 Å². The van der Waals surface area contributed by atoms with Gasteiger partial charge in [-0.25, -0.2) is 0 Å². The molecule has 0 saturated heterocycles. The number of aromatic hydroxyl groups is 1. The number of rotatable bonds is 2. The first-order chi connectivity index (χ1) is 10.9. The lowest BCUT2D eigenvalue weighted by Gasteiger charge is -2.14. The zero-order chi connectivity index (χ0) is 16.6. The molecule has 6 heteroatoms. The van der Waals surface area contributed by atoms with Gasteiger partial charge in [-0.1, -0.05) is 24.3 Å². The Labute approximate surface area is 129 Å². The van der Waals surface area contributed by atoms with Crippen LogP contribution in [-0.4, -0.2) is 5.11 Å². The lowest BCUT2D eigenvalue weighted by molar-refractivity contribution is -0.137. The van der Waals surface area contributed by atoms with Gasteiger partial charge in [-0.3, -0.25) is 0 Å². The molecule has 0 aromatic heterocycles. The van der Waals surface area contributed by atoms with E-state index in [4.69, 9.17) is 10.5 Å². The molecule has 118 valence electrons. The number of phenolic OH excluding ortho intramolecular Hbond substituents is 1. The van der Waals surface area contributed by atoms with Crippen molar-refractivity contribution < 1.29 is 23.0 Å². The van der Waals surface area contributed by atoms with E-state index >= 15 is 0 Å². The quantitative estimate of drug-likeness (QED) is 0.658. The van der Waals surface area contributed by atoms with Crippen molar-refractivity contribution in [2.45, 2.75) is 6.18 Å². The summed E-state index contributed by atoms with van der Waals surface area (Å²) in [5.41, 5.74) is 4.04. The number of hydrogen-bond acceptors (Lipinski definition) is 3. The summed E-state index contributed by atoms with van der Waals surface area (Å²) in [6.07, 6.45) is -4.57. The topological polar surface area (TPSA) is 55.5 Å². The highest BCUT2D eigenvalue weighted by molar-refractivity contribution is 5.93. The third-order valence-corrected chi connectivity index (χ3v) is 3.40. The van der Waals surface area contributed by atoms with E-state index in [2.05, 4.69) is 0 Å². The highest BCUT2D eigenvalue weighted by Gasteiger charge is 2.33. The highest BCUT2D eigenvalue weighted by Crippen LogP contribution is 2.39. The third kappa shape index (κ3) is 2.88. The smallest absolute Gasteiger partial charge is 0.418 e. The maximum absolute atomic E-state index is 12.9. The van der Waals surface area contributed by atoms with Crippen molar-refractivity contribution in [3.8, 4) is 17.2 Å². The fraction of sp³-hybridized carbons (Fsp3) is 0.0588.